The minimum absolute atomic E-state index is 0.0634. The number of hydrogen-bond acceptors (Lipinski definition) is 8. The number of anilines is 1. The molecule has 3 amide bonds. The SMILES string of the molecule is CCOCCOCCOCCOCCNC(=O)c1cc2cc(N3CCC(O)(C(=O)NCc4cc(F)cc(F)c4)C3=O)ccc2[nH]1. The average Bonchev–Trinajstić information content (AvgIpc) is 3.58. The van der Waals surface area contributed by atoms with Gasteiger partial charge < -0.3 is 44.6 Å². The van der Waals surface area contributed by atoms with Crippen molar-refractivity contribution in [2.75, 3.05) is 70.8 Å². The van der Waals surface area contributed by atoms with E-state index in [1.54, 1.807) is 24.3 Å². The first-order valence-electron chi connectivity index (χ1n) is 14.7. The molecule has 1 unspecified atom stereocenters. The van der Waals surface area contributed by atoms with Gasteiger partial charge in [-0.3, -0.25) is 14.4 Å². The van der Waals surface area contributed by atoms with Gasteiger partial charge in [-0.15, -0.1) is 0 Å². The van der Waals surface area contributed by atoms with Crippen LogP contribution < -0.4 is 15.5 Å². The fraction of sp³-hybridized carbons (Fsp3) is 0.452. The van der Waals surface area contributed by atoms with Crippen molar-refractivity contribution in [3.63, 3.8) is 0 Å². The molecule has 14 heteroatoms. The van der Waals surface area contributed by atoms with E-state index >= 15 is 0 Å². The normalized spacial score (nSPS) is 16.4. The third-order valence-corrected chi connectivity index (χ3v) is 7.06. The van der Waals surface area contributed by atoms with E-state index in [4.69, 9.17) is 18.9 Å². The van der Waals surface area contributed by atoms with Crippen LogP contribution in [0.15, 0.2) is 42.5 Å². The Bertz CT molecular complexity index is 1450. The topological polar surface area (TPSA) is 151 Å². The number of ether oxygens (including phenoxy) is 4. The Balaban J connectivity index is 1.21. The Morgan fingerprint density at radius 2 is 1.56 bits per heavy atom. The van der Waals surface area contributed by atoms with Crippen molar-refractivity contribution in [1.82, 2.24) is 15.6 Å². The Hall–Kier alpha value is -3.95. The summed E-state index contributed by atoms with van der Waals surface area (Å²) >= 11 is 0. The molecule has 2 heterocycles. The minimum atomic E-state index is -2.34. The standard InChI is InChI=1S/C31H38F2N4O8/c1-2-42-9-10-44-13-14-45-12-11-43-8-6-34-28(38)27-18-22-17-25(3-4-26(22)36-27)37-7-5-31(41,30(37)40)29(39)35-20-21-15-23(32)19-24(33)16-21/h3-4,15-19,36,41H,2,5-14,20H2,1H3,(H,34,38)(H,35,39). The second-order valence-corrected chi connectivity index (χ2v) is 10.3. The summed E-state index contributed by atoms with van der Waals surface area (Å²) in [5.74, 6) is -3.73. The third kappa shape index (κ3) is 9.28. The maximum Gasteiger partial charge on any atom is 0.268 e. The zero-order valence-electron chi connectivity index (χ0n) is 25.0. The number of halogens is 2. The van der Waals surface area contributed by atoms with Gasteiger partial charge in [-0.05, 0) is 48.9 Å². The monoisotopic (exact) mass is 632 g/mol. The van der Waals surface area contributed by atoms with Crippen molar-refractivity contribution < 1.29 is 47.2 Å². The fourth-order valence-corrected chi connectivity index (χ4v) is 4.75. The van der Waals surface area contributed by atoms with Gasteiger partial charge in [0.25, 0.3) is 17.7 Å². The highest BCUT2D eigenvalue weighted by molar-refractivity contribution is 6.16. The van der Waals surface area contributed by atoms with Gasteiger partial charge in [-0.1, -0.05) is 0 Å². The number of aromatic nitrogens is 1. The van der Waals surface area contributed by atoms with E-state index in [0.29, 0.717) is 81.2 Å². The Labute approximate surface area is 259 Å². The molecule has 1 aliphatic rings. The lowest BCUT2D eigenvalue weighted by molar-refractivity contribution is -0.149. The molecule has 12 nitrogen and oxygen atoms in total. The Morgan fingerprint density at radius 3 is 2.22 bits per heavy atom. The molecule has 4 N–H and O–H groups in total. The summed E-state index contributed by atoms with van der Waals surface area (Å²) in [6, 6.07) is 9.44. The minimum Gasteiger partial charge on any atom is -0.379 e. The summed E-state index contributed by atoms with van der Waals surface area (Å²) in [4.78, 5) is 42.8. The predicted octanol–water partition coefficient (Wildman–Crippen LogP) is 2.05. The molecule has 0 radical (unpaired) electrons. The number of amides is 3. The summed E-state index contributed by atoms with van der Waals surface area (Å²) < 4.78 is 48.3. The van der Waals surface area contributed by atoms with Crippen molar-refractivity contribution in [1.29, 1.82) is 0 Å². The molecule has 1 atom stereocenters. The zero-order chi connectivity index (χ0) is 32.2. The molecule has 0 saturated carbocycles. The average molecular weight is 633 g/mol. The lowest BCUT2D eigenvalue weighted by Crippen LogP contribution is -2.52. The molecule has 1 fully saturated rings. The largest absolute Gasteiger partial charge is 0.379 e. The van der Waals surface area contributed by atoms with E-state index < -0.39 is 29.0 Å². The third-order valence-electron chi connectivity index (χ3n) is 7.06. The molecule has 4 rings (SSSR count). The van der Waals surface area contributed by atoms with Gasteiger partial charge in [-0.2, -0.15) is 0 Å². The highest BCUT2D eigenvalue weighted by Crippen LogP contribution is 2.31. The molecule has 1 saturated heterocycles. The van der Waals surface area contributed by atoms with Crippen LogP contribution in [0.25, 0.3) is 10.9 Å². The molecule has 0 spiro atoms. The van der Waals surface area contributed by atoms with Crippen molar-refractivity contribution in [3.8, 4) is 0 Å². The van der Waals surface area contributed by atoms with E-state index in [0.717, 1.165) is 12.1 Å². The number of aliphatic hydroxyl groups is 1. The number of rotatable bonds is 18. The number of fused-ring (bicyclic) bond motifs is 1. The highest BCUT2D eigenvalue weighted by atomic mass is 19.1. The van der Waals surface area contributed by atoms with Crippen LogP contribution in [0.4, 0.5) is 14.5 Å². The van der Waals surface area contributed by atoms with E-state index in [-0.39, 0.29) is 37.5 Å². The molecular weight excluding hydrogens is 594 g/mol. The molecule has 244 valence electrons. The first-order chi connectivity index (χ1) is 21.7. The second kappa shape index (κ2) is 16.4. The first kappa shape index (κ1) is 33.9. The summed E-state index contributed by atoms with van der Waals surface area (Å²) in [7, 11) is 0. The summed E-state index contributed by atoms with van der Waals surface area (Å²) in [5, 5.41) is 16.7. The van der Waals surface area contributed by atoms with Gasteiger partial charge in [0.15, 0.2) is 0 Å². The van der Waals surface area contributed by atoms with Gasteiger partial charge >= 0.3 is 0 Å². The number of H-pyrrole nitrogens is 1. The number of nitrogens with zero attached hydrogens (tertiary/aromatic N) is 1. The number of carbonyl (C=O) groups excluding carboxylic acids is 3. The maximum absolute atomic E-state index is 13.5. The van der Waals surface area contributed by atoms with Crippen LogP contribution in [0.5, 0.6) is 0 Å². The molecule has 2 aromatic carbocycles. The Morgan fingerprint density at radius 1 is 0.911 bits per heavy atom. The van der Waals surface area contributed by atoms with Crippen molar-refractivity contribution >= 4 is 34.3 Å². The number of nitrogens with one attached hydrogen (secondary N) is 3. The number of carbonyl (C=O) groups is 3. The molecule has 0 aliphatic carbocycles. The summed E-state index contributed by atoms with van der Waals surface area (Å²) in [6.07, 6.45) is -0.175. The van der Waals surface area contributed by atoms with Gasteiger partial charge in [0, 0.05) is 55.3 Å². The van der Waals surface area contributed by atoms with Crippen LogP contribution in [0, 0.1) is 11.6 Å². The predicted molar refractivity (Wildman–Crippen MR) is 160 cm³/mol. The number of hydrogen-bond donors (Lipinski definition) is 4. The number of aromatic amines is 1. The van der Waals surface area contributed by atoms with Crippen LogP contribution in [0.3, 0.4) is 0 Å². The van der Waals surface area contributed by atoms with Crippen molar-refractivity contribution in [2.24, 2.45) is 0 Å². The van der Waals surface area contributed by atoms with Crippen LogP contribution in [0.2, 0.25) is 0 Å². The quantitative estimate of drug-likeness (QED) is 0.123. The molecule has 45 heavy (non-hydrogen) atoms. The molecule has 0 bridgehead atoms. The van der Waals surface area contributed by atoms with E-state index in [2.05, 4.69) is 15.6 Å². The lowest BCUT2D eigenvalue weighted by Gasteiger charge is -2.22. The van der Waals surface area contributed by atoms with Crippen LogP contribution in [-0.2, 0) is 35.1 Å². The molecule has 3 aromatic rings. The smallest absolute Gasteiger partial charge is 0.268 e. The van der Waals surface area contributed by atoms with Crippen LogP contribution in [0.1, 0.15) is 29.4 Å². The van der Waals surface area contributed by atoms with E-state index in [1.165, 1.54) is 4.90 Å². The van der Waals surface area contributed by atoms with E-state index in [9.17, 15) is 28.3 Å². The Kier molecular flexibility index (Phi) is 12.4. The van der Waals surface area contributed by atoms with Crippen LogP contribution in [-0.4, -0.2) is 99.4 Å². The van der Waals surface area contributed by atoms with Crippen molar-refractivity contribution in [2.45, 2.75) is 25.5 Å². The van der Waals surface area contributed by atoms with E-state index in [1.807, 2.05) is 6.92 Å². The van der Waals surface area contributed by atoms with Gasteiger partial charge in [0.1, 0.15) is 17.3 Å². The fourth-order valence-electron chi connectivity index (χ4n) is 4.75. The molecule has 1 aliphatic heterocycles. The highest BCUT2D eigenvalue weighted by Gasteiger charge is 2.51. The summed E-state index contributed by atoms with van der Waals surface area (Å²) in [6.45, 7) is 5.78. The van der Waals surface area contributed by atoms with Gasteiger partial charge in [0.2, 0.25) is 5.60 Å². The lowest BCUT2D eigenvalue weighted by atomic mass is 10.0. The summed E-state index contributed by atoms with van der Waals surface area (Å²) in [5.41, 5.74) is -0.792. The van der Waals surface area contributed by atoms with Crippen molar-refractivity contribution in [3.05, 3.63) is 65.4 Å². The molecular formula is C31H38F2N4O8. The zero-order valence-corrected chi connectivity index (χ0v) is 25.0. The maximum atomic E-state index is 13.5. The van der Waals surface area contributed by atoms with Crippen LogP contribution >= 0.6 is 0 Å². The first-order valence-corrected chi connectivity index (χ1v) is 14.7. The van der Waals surface area contributed by atoms with Gasteiger partial charge in [-0.25, -0.2) is 8.78 Å². The number of benzene rings is 2. The molecule has 1 aromatic heterocycles. The van der Waals surface area contributed by atoms with Gasteiger partial charge in [0.05, 0.1) is 46.2 Å². The second-order valence-electron chi connectivity index (χ2n) is 10.3.